The zero-order valence-corrected chi connectivity index (χ0v) is 9.30. The Morgan fingerprint density at radius 1 is 1.69 bits per heavy atom. The van der Waals surface area contributed by atoms with Crippen molar-refractivity contribution in [1.82, 2.24) is 5.32 Å². The Bertz CT molecular complexity index is 280. The molecule has 1 saturated carbocycles. The molecule has 2 nitrogen and oxygen atoms in total. The first-order chi connectivity index (χ1) is 6.33. The van der Waals surface area contributed by atoms with Gasteiger partial charge in [0.1, 0.15) is 5.76 Å². The maximum atomic E-state index is 5.47. The molecule has 72 valence electrons. The summed E-state index contributed by atoms with van der Waals surface area (Å²) in [5.41, 5.74) is 0. The van der Waals surface area contributed by atoms with Crippen LogP contribution in [0.25, 0.3) is 0 Å². The zero-order valence-electron chi connectivity index (χ0n) is 7.72. The number of nitrogens with one attached hydrogen (secondary N) is 1. The van der Waals surface area contributed by atoms with E-state index in [9.17, 15) is 0 Å². The van der Waals surface area contributed by atoms with E-state index < -0.39 is 0 Å². The summed E-state index contributed by atoms with van der Waals surface area (Å²) in [5, 5.41) is 3.46. The van der Waals surface area contributed by atoms with Gasteiger partial charge in [-0.3, -0.25) is 0 Å². The lowest BCUT2D eigenvalue weighted by Gasteiger charge is -2.14. The molecule has 1 atom stereocenters. The van der Waals surface area contributed by atoms with Crippen molar-refractivity contribution < 1.29 is 4.42 Å². The molecule has 2 rings (SSSR count). The molecule has 1 fully saturated rings. The Morgan fingerprint density at radius 2 is 2.46 bits per heavy atom. The SMILES string of the molecule is CCNC(c1occc1Br)C1CC1. The lowest BCUT2D eigenvalue weighted by atomic mass is 10.1. The molecule has 13 heavy (non-hydrogen) atoms. The number of hydrogen-bond donors (Lipinski definition) is 1. The van der Waals surface area contributed by atoms with E-state index in [0.29, 0.717) is 6.04 Å². The third kappa shape index (κ3) is 1.97. The van der Waals surface area contributed by atoms with E-state index in [4.69, 9.17) is 4.42 Å². The molecular formula is C10H14BrNO. The maximum absolute atomic E-state index is 5.47. The lowest BCUT2D eigenvalue weighted by molar-refractivity contribution is 0.386. The summed E-state index contributed by atoms with van der Waals surface area (Å²) in [6.07, 6.45) is 4.39. The van der Waals surface area contributed by atoms with Crippen molar-refractivity contribution in [2.45, 2.75) is 25.8 Å². The largest absolute Gasteiger partial charge is 0.466 e. The third-order valence-corrected chi connectivity index (χ3v) is 3.10. The number of halogens is 1. The minimum Gasteiger partial charge on any atom is -0.466 e. The molecule has 1 aromatic heterocycles. The van der Waals surface area contributed by atoms with E-state index in [1.807, 2.05) is 6.07 Å². The monoisotopic (exact) mass is 243 g/mol. The second-order valence-electron chi connectivity index (χ2n) is 3.51. The summed E-state index contributed by atoms with van der Waals surface area (Å²) in [6.45, 7) is 3.13. The van der Waals surface area contributed by atoms with Gasteiger partial charge in [0.05, 0.1) is 16.8 Å². The average Bonchev–Trinajstić information content (AvgIpc) is 2.86. The van der Waals surface area contributed by atoms with Crippen molar-refractivity contribution >= 4 is 15.9 Å². The first-order valence-electron chi connectivity index (χ1n) is 4.79. The molecule has 1 aliphatic rings. The third-order valence-electron chi connectivity index (χ3n) is 2.44. The molecule has 1 aliphatic carbocycles. The number of furan rings is 1. The topological polar surface area (TPSA) is 25.2 Å². The average molecular weight is 244 g/mol. The van der Waals surface area contributed by atoms with E-state index in [-0.39, 0.29) is 0 Å². The normalized spacial score (nSPS) is 18.9. The molecular weight excluding hydrogens is 230 g/mol. The van der Waals surface area contributed by atoms with Crippen molar-refractivity contribution in [1.29, 1.82) is 0 Å². The molecule has 0 radical (unpaired) electrons. The molecule has 1 heterocycles. The smallest absolute Gasteiger partial charge is 0.135 e. The molecule has 0 saturated heterocycles. The van der Waals surface area contributed by atoms with Crippen LogP contribution in [0.5, 0.6) is 0 Å². The summed E-state index contributed by atoms with van der Waals surface area (Å²) in [7, 11) is 0. The van der Waals surface area contributed by atoms with E-state index >= 15 is 0 Å². The van der Waals surface area contributed by atoms with Crippen molar-refractivity contribution in [2.24, 2.45) is 5.92 Å². The first kappa shape index (κ1) is 9.28. The Balaban J connectivity index is 2.14. The second kappa shape index (κ2) is 3.84. The van der Waals surface area contributed by atoms with Gasteiger partial charge in [-0.1, -0.05) is 6.92 Å². The Labute approximate surface area is 86.8 Å². The summed E-state index contributed by atoms with van der Waals surface area (Å²) >= 11 is 3.50. The minimum atomic E-state index is 0.411. The highest BCUT2D eigenvalue weighted by molar-refractivity contribution is 9.10. The summed E-state index contributed by atoms with van der Waals surface area (Å²) in [6, 6.07) is 2.37. The molecule has 1 unspecified atom stereocenters. The highest BCUT2D eigenvalue weighted by Crippen LogP contribution is 2.43. The molecule has 0 spiro atoms. The van der Waals surface area contributed by atoms with Crippen molar-refractivity contribution in [3.05, 3.63) is 22.6 Å². The Hall–Kier alpha value is -0.280. The van der Waals surface area contributed by atoms with Crippen LogP contribution in [0.15, 0.2) is 21.2 Å². The van der Waals surface area contributed by atoms with Gasteiger partial charge in [-0.05, 0) is 47.3 Å². The number of hydrogen-bond acceptors (Lipinski definition) is 2. The van der Waals surface area contributed by atoms with Gasteiger partial charge in [0.2, 0.25) is 0 Å². The second-order valence-corrected chi connectivity index (χ2v) is 4.36. The van der Waals surface area contributed by atoms with Crippen LogP contribution in [-0.2, 0) is 0 Å². The maximum Gasteiger partial charge on any atom is 0.135 e. The van der Waals surface area contributed by atoms with Gasteiger partial charge in [-0.15, -0.1) is 0 Å². The fourth-order valence-electron chi connectivity index (χ4n) is 1.65. The van der Waals surface area contributed by atoms with Crippen molar-refractivity contribution in [3.8, 4) is 0 Å². The van der Waals surface area contributed by atoms with Crippen LogP contribution in [0.1, 0.15) is 31.6 Å². The zero-order chi connectivity index (χ0) is 9.26. The summed E-state index contributed by atoms with van der Waals surface area (Å²) in [5.74, 6) is 1.84. The van der Waals surface area contributed by atoms with E-state index in [1.54, 1.807) is 6.26 Å². The van der Waals surface area contributed by atoms with Gasteiger partial charge < -0.3 is 9.73 Å². The molecule has 1 aromatic rings. The van der Waals surface area contributed by atoms with Crippen LogP contribution in [0.3, 0.4) is 0 Å². The minimum absolute atomic E-state index is 0.411. The molecule has 1 N–H and O–H groups in total. The predicted molar refractivity (Wildman–Crippen MR) is 55.5 cm³/mol. The van der Waals surface area contributed by atoms with Gasteiger partial charge in [0.25, 0.3) is 0 Å². The molecule has 0 aromatic carbocycles. The molecule has 0 bridgehead atoms. The summed E-state index contributed by atoms with van der Waals surface area (Å²) in [4.78, 5) is 0. The number of rotatable bonds is 4. The highest BCUT2D eigenvalue weighted by atomic mass is 79.9. The predicted octanol–water partition coefficient (Wildman–Crippen LogP) is 3.10. The Kier molecular flexibility index (Phi) is 2.74. The summed E-state index contributed by atoms with van der Waals surface area (Å²) < 4.78 is 6.56. The molecule has 0 aliphatic heterocycles. The lowest BCUT2D eigenvalue weighted by Crippen LogP contribution is -2.22. The quantitative estimate of drug-likeness (QED) is 0.880. The van der Waals surface area contributed by atoms with E-state index in [0.717, 1.165) is 22.7 Å². The van der Waals surface area contributed by atoms with Crippen molar-refractivity contribution in [2.75, 3.05) is 6.54 Å². The van der Waals surface area contributed by atoms with Crippen molar-refractivity contribution in [3.63, 3.8) is 0 Å². The molecule has 0 amide bonds. The van der Waals surface area contributed by atoms with Crippen LogP contribution >= 0.6 is 15.9 Å². The van der Waals surface area contributed by atoms with Gasteiger partial charge in [-0.2, -0.15) is 0 Å². The van der Waals surface area contributed by atoms with Crippen LogP contribution in [-0.4, -0.2) is 6.54 Å². The first-order valence-corrected chi connectivity index (χ1v) is 5.58. The van der Waals surface area contributed by atoms with E-state index in [2.05, 4.69) is 28.2 Å². The van der Waals surface area contributed by atoms with Crippen LogP contribution in [0.2, 0.25) is 0 Å². The van der Waals surface area contributed by atoms with Crippen LogP contribution < -0.4 is 5.32 Å². The van der Waals surface area contributed by atoms with Gasteiger partial charge in [0, 0.05) is 0 Å². The van der Waals surface area contributed by atoms with Gasteiger partial charge in [0.15, 0.2) is 0 Å². The van der Waals surface area contributed by atoms with E-state index in [1.165, 1.54) is 12.8 Å². The van der Waals surface area contributed by atoms with Crippen LogP contribution in [0, 0.1) is 5.92 Å². The molecule has 3 heteroatoms. The van der Waals surface area contributed by atoms with Crippen LogP contribution in [0.4, 0.5) is 0 Å². The fraction of sp³-hybridized carbons (Fsp3) is 0.600. The van der Waals surface area contributed by atoms with Gasteiger partial charge in [-0.25, -0.2) is 0 Å². The van der Waals surface area contributed by atoms with Gasteiger partial charge >= 0.3 is 0 Å². The fourth-order valence-corrected chi connectivity index (χ4v) is 2.10. The standard InChI is InChI=1S/C10H14BrNO/c1-2-12-9(7-3-4-7)10-8(11)5-6-13-10/h5-7,9,12H,2-4H2,1H3. The Morgan fingerprint density at radius 3 is 2.92 bits per heavy atom. The highest BCUT2D eigenvalue weighted by Gasteiger charge is 2.34.